The third-order valence-corrected chi connectivity index (χ3v) is 6.00. The van der Waals surface area contributed by atoms with Crippen LogP contribution in [0.15, 0.2) is 40.8 Å². The normalized spacial score (nSPS) is 11.7. The highest BCUT2D eigenvalue weighted by atomic mass is 127. The first-order chi connectivity index (χ1) is 12.6. The second kappa shape index (κ2) is 7.42. The molecular weight excluding hydrogens is 574 g/mol. The fourth-order valence-corrected chi connectivity index (χ4v) is 4.56. The number of benzene rings is 2. The number of furan rings is 1. The predicted octanol–water partition coefficient (Wildman–Crippen LogP) is 5.23. The van der Waals surface area contributed by atoms with Crippen molar-refractivity contribution in [1.82, 2.24) is 0 Å². The number of carbonyl (C=O) groups is 2. The number of ketones is 1. The van der Waals surface area contributed by atoms with Gasteiger partial charge >= 0.3 is 5.97 Å². The molecule has 0 saturated carbocycles. The molecule has 0 unspecified atom stereocenters. The van der Waals surface area contributed by atoms with Crippen LogP contribution in [0.2, 0.25) is 0 Å². The van der Waals surface area contributed by atoms with E-state index in [2.05, 4.69) is 0 Å². The zero-order valence-electron chi connectivity index (χ0n) is 14.5. The number of hydrogen-bond acceptors (Lipinski definition) is 4. The second-order valence-corrected chi connectivity index (χ2v) is 9.20. The number of rotatable bonds is 5. The van der Waals surface area contributed by atoms with Gasteiger partial charge in [0.1, 0.15) is 17.1 Å². The van der Waals surface area contributed by atoms with E-state index in [4.69, 9.17) is 4.42 Å². The van der Waals surface area contributed by atoms with Crippen LogP contribution in [-0.2, 0) is 11.2 Å². The number of phenolic OH excluding ortho intramolecular Hbond substituents is 1. The number of phenols is 1. The summed E-state index contributed by atoms with van der Waals surface area (Å²) in [4.78, 5) is 24.9. The van der Waals surface area contributed by atoms with E-state index in [1.807, 2.05) is 51.2 Å². The Morgan fingerprint density at radius 3 is 2.30 bits per heavy atom. The first kappa shape index (κ1) is 20.1. The Kier molecular flexibility index (Phi) is 5.53. The molecular formula is C20H16I2O5. The summed E-state index contributed by atoms with van der Waals surface area (Å²) >= 11 is 3.95. The van der Waals surface area contributed by atoms with Crippen LogP contribution < -0.4 is 0 Å². The van der Waals surface area contributed by atoms with Crippen molar-refractivity contribution >= 4 is 67.9 Å². The average molecular weight is 590 g/mol. The number of carbonyl (C=O) groups excluding carboxylic acids is 1. The van der Waals surface area contributed by atoms with Gasteiger partial charge in [-0.15, -0.1) is 0 Å². The summed E-state index contributed by atoms with van der Waals surface area (Å²) in [5, 5.41) is 20.1. The van der Waals surface area contributed by atoms with Crippen molar-refractivity contribution in [2.24, 2.45) is 5.41 Å². The molecule has 0 aliphatic heterocycles. The largest absolute Gasteiger partial charge is 0.506 e. The summed E-state index contributed by atoms with van der Waals surface area (Å²) in [6, 6.07) is 10.4. The molecule has 7 heteroatoms. The number of aromatic hydroxyl groups is 1. The lowest BCUT2D eigenvalue weighted by Gasteiger charge is -2.18. The van der Waals surface area contributed by atoms with Crippen molar-refractivity contribution in [3.63, 3.8) is 0 Å². The van der Waals surface area contributed by atoms with Gasteiger partial charge in [0, 0.05) is 17.4 Å². The lowest BCUT2D eigenvalue weighted by molar-refractivity contribution is -0.147. The monoisotopic (exact) mass is 590 g/mol. The van der Waals surface area contributed by atoms with Crippen molar-refractivity contribution in [2.45, 2.75) is 20.3 Å². The SMILES string of the molecule is CC(C)(Cc1oc2ccccc2c1C(=O)c1cc(I)c(O)c(I)c1)C(=O)O. The second-order valence-electron chi connectivity index (χ2n) is 6.88. The molecule has 140 valence electrons. The van der Waals surface area contributed by atoms with Gasteiger partial charge in [-0.3, -0.25) is 9.59 Å². The third kappa shape index (κ3) is 3.84. The molecule has 2 aromatic carbocycles. The Labute approximate surface area is 183 Å². The Hall–Kier alpha value is -1.62. The van der Waals surface area contributed by atoms with Gasteiger partial charge in [0.25, 0.3) is 0 Å². The number of hydrogen-bond donors (Lipinski definition) is 2. The first-order valence-corrected chi connectivity index (χ1v) is 10.2. The van der Waals surface area contributed by atoms with Crippen LogP contribution in [0, 0.1) is 12.6 Å². The molecule has 0 amide bonds. The molecule has 0 radical (unpaired) electrons. The Balaban J connectivity index is 2.19. The van der Waals surface area contributed by atoms with Crippen LogP contribution in [0.4, 0.5) is 0 Å². The molecule has 1 aromatic heterocycles. The van der Waals surface area contributed by atoms with Crippen LogP contribution in [0.3, 0.4) is 0 Å². The maximum Gasteiger partial charge on any atom is 0.309 e. The van der Waals surface area contributed by atoms with Crippen LogP contribution in [-0.4, -0.2) is 22.0 Å². The minimum Gasteiger partial charge on any atom is -0.506 e. The number of para-hydroxylation sites is 1. The van der Waals surface area contributed by atoms with Gasteiger partial charge in [-0.1, -0.05) is 18.2 Å². The van der Waals surface area contributed by atoms with Gasteiger partial charge in [0.2, 0.25) is 0 Å². The summed E-state index contributed by atoms with van der Waals surface area (Å²) in [6.45, 7) is 3.20. The molecule has 0 atom stereocenters. The van der Waals surface area contributed by atoms with Crippen molar-refractivity contribution in [1.29, 1.82) is 0 Å². The fourth-order valence-electron chi connectivity index (χ4n) is 2.79. The molecule has 2 N–H and O–H groups in total. The Bertz CT molecular complexity index is 1040. The molecule has 0 aliphatic rings. The van der Waals surface area contributed by atoms with Crippen molar-refractivity contribution in [3.8, 4) is 5.75 Å². The van der Waals surface area contributed by atoms with Crippen LogP contribution in [0.25, 0.3) is 11.0 Å². The standard InChI is InChI=1S/C20H16I2O5/c1-20(2,19(25)26)9-15-16(11-5-3-4-6-14(11)27-15)17(23)10-7-12(21)18(24)13(22)8-10/h3-8,24H,9H2,1-2H3,(H,25,26). The minimum atomic E-state index is -1.08. The van der Waals surface area contributed by atoms with E-state index in [0.717, 1.165) is 0 Å². The zero-order valence-corrected chi connectivity index (χ0v) is 18.9. The highest BCUT2D eigenvalue weighted by molar-refractivity contribution is 14.1. The topological polar surface area (TPSA) is 87.7 Å². The molecule has 27 heavy (non-hydrogen) atoms. The molecule has 0 bridgehead atoms. The van der Waals surface area contributed by atoms with Crippen LogP contribution >= 0.6 is 45.2 Å². The maximum atomic E-state index is 13.3. The van der Waals surface area contributed by atoms with Gasteiger partial charge in [-0.2, -0.15) is 0 Å². The van der Waals surface area contributed by atoms with Gasteiger partial charge in [-0.05, 0) is 77.2 Å². The maximum absolute atomic E-state index is 13.3. The highest BCUT2D eigenvalue weighted by Crippen LogP contribution is 2.34. The lowest BCUT2D eigenvalue weighted by Crippen LogP contribution is -2.26. The molecule has 0 spiro atoms. The molecule has 0 fully saturated rings. The van der Waals surface area contributed by atoms with Gasteiger partial charge in [-0.25, -0.2) is 0 Å². The molecule has 0 saturated heterocycles. The van der Waals surface area contributed by atoms with E-state index in [9.17, 15) is 19.8 Å². The quantitative estimate of drug-likeness (QED) is 0.314. The predicted molar refractivity (Wildman–Crippen MR) is 118 cm³/mol. The van der Waals surface area contributed by atoms with Crippen molar-refractivity contribution in [3.05, 3.63) is 60.4 Å². The summed E-state index contributed by atoms with van der Waals surface area (Å²) in [5.74, 6) is -0.731. The smallest absolute Gasteiger partial charge is 0.309 e. The summed E-state index contributed by atoms with van der Waals surface area (Å²) in [6.07, 6.45) is 0.0877. The highest BCUT2D eigenvalue weighted by Gasteiger charge is 2.33. The van der Waals surface area contributed by atoms with E-state index < -0.39 is 11.4 Å². The van der Waals surface area contributed by atoms with Gasteiger partial charge in [0.05, 0.1) is 18.1 Å². The number of carboxylic acid groups (broad SMARTS) is 1. The molecule has 5 nitrogen and oxygen atoms in total. The zero-order chi connectivity index (χ0) is 19.9. The van der Waals surface area contributed by atoms with Gasteiger partial charge in [0.15, 0.2) is 5.78 Å². The minimum absolute atomic E-state index is 0.0877. The van der Waals surface area contributed by atoms with E-state index in [1.54, 1.807) is 44.2 Å². The third-order valence-electron chi connectivity index (χ3n) is 4.36. The average Bonchev–Trinajstić information content (AvgIpc) is 2.95. The number of fused-ring (bicyclic) bond motifs is 1. The Morgan fingerprint density at radius 1 is 1.11 bits per heavy atom. The number of halogens is 2. The number of carboxylic acids is 1. The fraction of sp³-hybridized carbons (Fsp3) is 0.200. The van der Waals surface area contributed by atoms with E-state index in [1.165, 1.54) is 0 Å². The van der Waals surface area contributed by atoms with Crippen molar-refractivity contribution < 1.29 is 24.2 Å². The first-order valence-electron chi connectivity index (χ1n) is 8.08. The summed E-state index contributed by atoms with van der Waals surface area (Å²) < 4.78 is 7.02. The van der Waals surface area contributed by atoms with Crippen molar-refractivity contribution in [2.75, 3.05) is 0 Å². The van der Waals surface area contributed by atoms with Crippen LogP contribution in [0.5, 0.6) is 5.75 Å². The summed E-state index contributed by atoms with van der Waals surface area (Å²) in [5.41, 5.74) is 0.251. The molecule has 3 rings (SSSR count). The molecule has 1 heterocycles. The lowest BCUT2D eigenvalue weighted by atomic mass is 9.86. The van der Waals surface area contributed by atoms with Crippen LogP contribution in [0.1, 0.15) is 35.5 Å². The van der Waals surface area contributed by atoms with E-state index in [0.29, 0.717) is 35.0 Å². The van der Waals surface area contributed by atoms with E-state index >= 15 is 0 Å². The number of aliphatic carboxylic acids is 1. The van der Waals surface area contributed by atoms with E-state index in [-0.39, 0.29) is 18.0 Å². The summed E-state index contributed by atoms with van der Waals surface area (Å²) in [7, 11) is 0. The Morgan fingerprint density at radius 2 is 1.70 bits per heavy atom. The molecule has 0 aliphatic carbocycles. The van der Waals surface area contributed by atoms with Gasteiger partial charge < -0.3 is 14.6 Å². The molecule has 3 aromatic rings.